The van der Waals surface area contributed by atoms with Crippen LogP contribution < -0.4 is 10.2 Å². The molecule has 1 fully saturated rings. The number of carbonyl (C=O) groups is 1. The first-order chi connectivity index (χ1) is 19.5. The molecule has 5 rings (SSSR count). The highest BCUT2D eigenvalue weighted by molar-refractivity contribution is 5.91. The molecule has 7 heteroatoms. The smallest absolute Gasteiger partial charge is 0.227 e. The summed E-state index contributed by atoms with van der Waals surface area (Å²) in [5.41, 5.74) is 6.01. The van der Waals surface area contributed by atoms with E-state index in [1.807, 2.05) is 24.3 Å². The molecular weight excluding hydrogens is 501 g/mol. The van der Waals surface area contributed by atoms with E-state index in [1.165, 1.54) is 37.5 Å². The number of nitrogens with one attached hydrogen (secondary N) is 1. The van der Waals surface area contributed by atoms with Gasteiger partial charge in [-0.2, -0.15) is 0 Å². The quantitative estimate of drug-likeness (QED) is 0.179. The second kappa shape index (κ2) is 12.4. The molecule has 2 heterocycles. The predicted molar refractivity (Wildman–Crippen MR) is 158 cm³/mol. The highest BCUT2D eigenvalue weighted by atomic mass is 19.1. The van der Waals surface area contributed by atoms with Gasteiger partial charge in [0.1, 0.15) is 5.82 Å². The summed E-state index contributed by atoms with van der Waals surface area (Å²) in [6.07, 6.45) is 7.22. The normalized spacial score (nSPS) is 12.9. The Balaban J connectivity index is 1.53. The fourth-order valence-electron chi connectivity index (χ4n) is 5.03. The molecule has 0 bridgehead atoms. The van der Waals surface area contributed by atoms with Gasteiger partial charge in [-0.15, -0.1) is 0 Å². The zero-order valence-electron chi connectivity index (χ0n) is 22.2. The van der Waals surface area contributed by atoms with Crippen molar-refractivity contribution in [3.8, 4) is 11.3 Å². The summed E-state index contributed by atoms with van der Waals surface area (Å²) in [6.45, 7) is 13.3. The molecule has 3 aromatic carbocycles. The standard InChI is InChI=1S/C33H30FN5O/c1-3-31(40)19-24-16-25(20-29(18-24)35-2)32-26(15-23-9-7-10-27(34)17-23)22-36-33(38-32)37-28-11-8-12-30(21-28)39-13-5-4-6-14-39/h3,7-12,16-18,20-22H,1,4-6,13-15,19H2,(H,36,37,38). The van der Waals surface area contributed by atoms with Crippen molar-refractivity contribution in [3.05, 3.63) is 120 Å². The molecule has 0 radical (unpaired) electrons. The Labute approximate surface area is 234 Å². The summed E-state index contributed by atoms with van der Waals surface area (Å²) in [4.78, 5) is 27.6. The minimum absolute atomic E-state index is 0.133. The fraction of sp³-hybridized carbons (Fsp3) is 0.212. The van der Waals surface area contributed by atoms with E-state index in [1.54, 1.807) is 24.4 Å². The molecule has 200 valence electrons. The Kier molecular flexibility index (Phi) is 8.26. The van der Waals surface area contributed by atoms with Crippen LogP contribution in [0.15, 0.2) is 85.6 Å². The molecule has 4 aromatic rings. The second-order valence-corrected chi connectivity index (χ2v) is 9.94. The minimum atomic E-state index is -0.313. The van der Waals surface area contributed by atoms with Crippen LogP contribution in [-0.4, -0.2) is 28.8 Å². The average Bonchev–Trinajstić information content (AvgIpc) is 2.98. The number of anilines is 3. The van der Waals surface area contributed by atoms with E-state index < -0.39 is 0 Å². The fourth-order valence-corrected chi connectivity index (χ4v) is 5.03. The van der Waals surface area contributed by atoms with Crippen LogP contribution in [0.1, 0.15) is 36.0 Å². The van der Waals surface area contributed by atoms with E-state index in [0.717, 1.165) is 35.6 Å². The third-order valence-electron chi connectivity index (χ3n) is 6.96. The van der Waals surface area contributed by atoms with Crippen LogP contribution in [0.4, 0.5) is 27.4 Å². The van der Waals surface area contributed by atoms with Crippen LogP contribution in [0.3, 0.4) is 0 Å². The van der Waals surface area contributed by atoms with E-state index >= 15 is 0 Å². The number of hydrogen-bond acceptors (Lipinski definition) is 5. The number of halogens is 1. The molecule has 1 saturated heterocycles. The maximum absolute atomic E-state index is 14.0. The molecule has 6 nitrogen and oxygen atoms in total. The van der Waals surface area contributed by atoms with Crippen LogP contribution in [0.2, 0.25) is 0 Å². The van der Waals surface area contributed by atoms with Crippen molar-refractivity contribution >= 4 is 28.8 Å². The monoisotopic (exact) mass is 531 g/mol. The van der Waals surface area contributed by atoms with Crippen molar-refractivity contribution in [2.45, 2.75) is 32.1 Å². The number of piperidine rings is 1. The number of aromatic nitrogens is 2. The number of ketones is 1. The Morgan fingerprint density at radius 1 is 1.05 bits per heavy atom. The van der Waals surface area contributed by atoms with Gasteiger partial charge in [-0.1, -0.05) is 42.5 Å². The van der Waals surface area contributed by atoms with E-state index in [-0.39, 0.29) is 18.0 Å². The zero-order chi connectivity index (χ0) is 27.9. The van der Waals surface area contributed by atoms with Crippen molar-refractivity contribution in [1.82, 2.24) is 9.97 Å². The molecule has 1 aliphatic rings. The van der Waals surface area contributed by atoms with Gasteiger partial charge in [-0.3, -0.25) is 4.79 Å². The molecule has 0 aliphatic carbocycles. The van der Waals surface area contributed by atoms with Gasteiger partial charge in [0, 0.05) is 49.1 Å². The number of allylic oxidation sites excluding steroid dienone is 1. The summed E-state index contributed by atoms with van der Waals surface area (Å²) in [5, 5.41) is 3.34. The van der Waals surface area contributed by atoms with E-state index in [9.17, 15) is 9.18 Å². The Morgan fingerprint density at radius 3 is 2.65 bits per heavy atom. The average molecular weight is 532 g/mol. The molecule has 0 amide bonds. The van der Waals surface area contributed by atoms with Crippen molar-refractivity contribution < 1.29 is 9.18 Å². The van der Waals surface area contributed by atoms with Crippen molar-refractivity contribution in [3.63, 3.8) is 0 Å². The van der Waals surface area contributed by atoms with Crippen LogP contribution >= 0.6 is 0 Å². The van der Waals surface area contributed by atoms with E-state index in [2.05, 4.69) is 38.8 Å². The van der Waals surface area contributed by atoms with Gasteiger partial charge in [0.25, 0.3) is 0 Å². The van der Waals surface area contributed by atoms with Crippen LogP contribution in [0, 0.1) is 12.4 Å². The predicted octanol–water partition coefficient (Wildman–Crippen LogP) is 7.46. The topological polar surface area (TPSA) is 62.5 Å². The molecule has 1 N–H and O–H groups in total. The number of rotatable bonds is 9. The summed E-state index contributed by atoms with van der Waals surface area (Å²) in [7, 11) is 0. The number of benzene rings is 3. The lowest BCUT2D eigenvalue weighted by molar-refractivity contribution is -0.114. The van der Waals surface area contributed by atoms with Crippen molar-refractivity contribution in [2.75, 3.05) is 23.3 Å². The van der Waals surface area contributed by atoms with Crippen LogP contribution in [0.25, 0.3) is 16.1 Å². The Hall–Kier alpha value is -4.83. The van der Waals surface area contributed by atoms with Gasteiger partial charge in [0.15, 0.2) is 11.5 Å². The Bertz CT molecular complexity index is 1590. The Morgan fingerprint density at radius 2 is 1.88 bits per heavy atom. The first-order valence-corrected chi connectivity index (χ1v) is 13.4. The number of nitrogens with zero attached hydrogens (tertiary/aromatic N) is 4. The van der Waals surface area contributed by atoms with Gasteiger partial charge >= 0.3 is 0 Å². The van der Waals surface area contributed by atoms with Crippen molar-refractivity contribution in [2.24, 2.45) is 0 Å². The highest BCUT2D eigenvalue weighted by Gasteiger charge is 2.15. The van der Waals surface area contributed by atoms with Gasteiger partial charge < -0.3 is 10.2 Å². The highest BCUT2D eigenvalue weighted by Crippen LogP contribution is 2.31. The number of carbonyl (C=O) groups excluding carboxylic acids is 1. The lowest BCUT2D eigenvalue weighted by Crippen LogP contribution is -2.29. The SMILES string of the molecule is [C-]#[N+]c1cc(CC(=O)C=C)cc(-c2nc(Nc3cccc(N4CCCCC4)c3)ncc2Cc2cccc(F)c2)c1. The molecule has 0 atom stereocenters. The molecule has 1 aliphatic heterocycles. The lowest BCUT2D eigenvalue weighted by atomic mass is 9.97. The largest absolute Gasteiger partial charge is 0.371 e. The summed E-state index contributed by atoms with van der Waals surface area (Å²) in [5.74, 6) is -0.0375. The van der Waals surface area contributed by atoms with Gasteiger partial charge in [0.2, 0.25) is 5.95 Å². The number of hydrogen-bond donors (Lipinski definition) is 1. The summed E-state index contributed by atoms with van der Waals surface area (Å²) in [6, 6.07) is 20.0. The molecular formula is C33H30FN5O. The molecule has 1 aromatic heterocycles. The second-order valence-electron chi connectivity index (χ2n) is 9.94. The van der Waals surface area contributed by atoms with Gasteiger partial charge in [-0.25, -0.2) is 19.2 Å². The lowest BCUT2D eigenvalue weighted by Gasteiger charge is -2.29. The summed E-state index contributed by atoms with van der Waals surface area (Å²) >= 11 is 0. The molecule has 0 spiro atoms. The molecule has 40 heavy (non-hydrogen) atoms. The first kappa shape index (κ1) is 26.8. The third-order valence-corrected chi connectivity index (χ3v) is 6.96. The van der Waals surface area contributed by atoms with E-state index in [4.69, 9.17) is 11.6 Å². The van der Waals surface area contributed by atoms with Gasteiger partial charge in [-0.05, 0) is 72.9 Å². The van der Waals surface area contributed by atoms with Gasteiger partial charge in [0.05, 0.1) is 12.3 Å². The first-order valence-electron chi connectivity index (χ1n) is 13.4. The maximum Gasteiger partial charge on any atom is 0.227 e. The molecule has 0 unspecified atom stereocenters. The minimum Gasteiger partial charge on any atom is -0.371 e. The van der Waals surface area contributed by atoms with Crippen molar-refractivity contribution in [1.29, 1.82) is 0 Å². The molecule has 0 saturated carbocycles. The summed E-state index contributed by atoms with van der Waals surface area (Å²) < 4.78 is 14.0. The maximum atomic E-state index is 14.0. The third kappa shape index (κ3) is 6.59. The van der Waals surface area contributed by atoms with Crippen LogP contribution in [0.5, 0.6) is 0 Å². The zero-order valence-corrected chi connectivity index (χ0v) is 22.2. The van der Waals surface area contributed by atoms with Crippen LogP contribution in [-0.2, 0) is 17.6 Å². The van der Waals surface area contributed by atoms with E-state index in [0.29, 0.717) is 34.9 Å².